The minimum atomic E-state index is -1.13. The Morgan fingerprint density at radius 2 is 1.89 bits per heavy atom. The molecule has 1 aliphatic rings. The van der Waals surface area contributed by atoms with E-state index in [1.54, 1.807) is 24.3 Å². The number of nitrogens with one attached hydrogen (secondary N) is 1. The Kier molecular flexibility index (Phi) is 5.67. The fourth-order valence-corrected chi connectivity index (χ4v) is 3.23. The van der Waals surface area contributed by atoms with Crippen molar-refractivity contribution >= 4 is 23.5 Å². The third kappa shape index (κ3) is 4.16. The number of benzene rings is 2. The van der Waals surface area contributed by atoms with Gasteiger partial charge in [0.15, 0.2) is 11.6 Å². The number of carbonyl (C=O) groups is 3. The van der Waals surface area contributed by atoms with Crippen LogP contribution in [0.3, 0.4) is 0 Å². The summed E-state index contributed by atoms with van der Waals surface area (Å²) in [5.41, 5.74) is 1.05. The molecule has 1 atom stereocenters. The van der Waals surface area contributed by atoms with Gasteiger partial charge < -0.3 is 15.3 Å². The number of aliphatic carboxylic acids is 1. The zero-order valence-electron chi connectivity index (χ0n) is 14.8. The first-order valence-electron chi connectivity index (χ1n) is 8.69. The molecule has 2 amide bonds. The predicted molar refractivity (Wildman–Crippen MR) is 96.5 cm³/mol. The van der Waals surface area contributed by atoms with Gasteiger partial charge in [-0.15, -0.1) is 0 Å². The summed E-state index contributed by atoms with van der Waals surface area (Å²) in [7, 11) is 0. The Hall–Kier alpha value is -3.29. The minimum absolute atomic E-state index is 0.0627. The third-order valence-corrected chi connectivity index (χ3v) is 4.60. The smallest absolute Gasteiger partial charge is 0.305 e. The fraction of sp³-hybridized carbons (Fsp3) is 0.250. The first-order chi connectivity index (χ1) is 13.4. The van der Waals surface area contributed by atoms with E-state index in [4.69, 9.17) is 5.11 Å². The summed E-state index contributed by atoms with van der Waals surface area (Å²) in [6.45, 7) is -0.486. The van der Waals surface area contributed by atoms with Crippen molar-refractivity contribution in [2.75, 3.05) is 11.9 Å². The molecule has 0 fully saturated rings. The normalized spacial score (nSPS) is 15.5. The molecule has 0 spiro atoms. The van der Waals surface area contributed by atoms with Crippen molar-refractivity contribution in [2.45, 2.75) is 25.3 Å². The number of carboxylic acids is 1. The lowest BCUT2D eigenvalue weighted by Gasteiger charge is -2.30. The maximum atomic E-state index is 14.1. The van der Waals surface area contributed by atoms with Gasteiger partial charge >= 0.3 is 5.97 Å². The van der Waals surface area contributed by atoms with E-state index in [0.29, 0.717) is 11.3 Å². The van der Waals surface area contributed by atoms with Gasteiger partial charge in [-0.2, -0.15) is 0 Å². The van der Waals surface area contributed by atoms with Crippen LogP contribution in [-0.2, 0) is 20.9 Å². The summed E-state index contributed by atoms with van der Waals surface area (Å²) in [4.78, 5) is 37.3. The number of amides is 2. The van der Waals surface area contributed by atoms with Gasteiger partial charge in [0.05, 0.1) is 12.3 Å². The number of carboxylic acid groups (broad SMARTS) is 1. The van der Waals surface area contributed by atoms with Crippen LogP contribution in [-0.4, -0.2) is 34.3 Å². The summed E-state index contributed by atoms with van der Waals surface area (Å²) in [6.07, 6.45) is -0.464. The molecule has 0 saturated carbocycles. The lowest BCUT2D eigenvalue weighted by molar-refractivity contribution is -0.140. The summed E-state index contributed by atoms with van der Waals surface area (Å²) in [6, 6.07) is 10.4. The molecule has 0 saturated heterocycles. The summed E-state index contributed by atoms with van der Waals surface area (Å²) in [5, 5.41) is 11.7. The van der Waals surface area contributed by atoms with Crippen LogP contribution in [0.15, 0.2) is 42.5 Å². The molecular weight excluding hydrogens is 370 g/mol. The highest BCUT2D eigenvalue weighted by Crippen LogP contribution is 2.33. The summed E-state index contributed by atoms with van der Waals surface area (Å²) in [5.74, 6) is -4.93. The standard InChI is InChI=1S/C20H18F2N2O4/c21-15-6-3-4-12(19(15)22)11-24(9-8-18(26)27)20(28)14-10-17(25)23-16-7-2-1-5-13(14)16/h1-7,14H,8-11H2,(H,23,25)(H,26,27). The molecule has 146 valence electrons. The van der Waals surface area contributed by atoms with Crippen LogP contribution < -0.4 is 5.32 Å². The Morgan fingerprint density at radius 3 is 2.64 bits per heavy atom. The molecule has 1 heterocycles. The van der Waals surface area contributed by atoms with Crippen molar-refractivity contribution in [3.05, 3.63) is 65.2 Å². The second-order valence-electron chi connectivity index (χ2n) is 6.51. The first kappa shape index (κ1) is 19.5. The molecule has 2 N–H and O–H groups in total. The van der Waals surface area contributed by atoms with Gasteiger partial charge in [-0.05, 0) is 17.7 Å². The molecular formula is C20H18F2N2O4. The van der Waals surface area contributed by atoms with Crippen molar-refractivity contribution in [3.8, 4) is 0 Å². The second kappa shape index (κ2) is 8.16. The zero-order valence-corrected chi connectivity index (χ0v) is 14.8. The van der Waals surface area contributed by atoms with Gasteiger partial charge in [0, 0.05) is 30.8 Å². The summed E-state index contributed by atoms with van der Waals surface area (Å²) < 4.78 is 27.6. The van der Waals surface area contributed by atoms with Gasteiger partial charge in [-0.1, -0.05) is 30.3 Å². The van der Waals surface area contributed by atoms with E-state index in [0.717, 1.165) is 11.0 Å². The average molecular weight is 388 g/mol. The largest absolute Gasteiger partial charge is 0.481 e. The topological polar surface area (TPSA) is 86.7 Å². The molecule has 0 aliphatic carbocycles. The predicted octanol–water partition coefficient (Wildman–Crippen LogP) is 2.89. The van der Waals surface area contributed by atoms with Gasteiger partial charge in [0.25, 0.3) is 0 Å². The molecule has 2 aromatic rings. The van der Waals surface area contributed by atoms with Gasteiger partial charge in [0.2, 0.25) is 11.8 Å². The van der Waals surface area contributed by atoms with E-state index < -0.39 is 29.4 Å². The number of fused-ring (bicyclic) bond motifs is 1. The maximum Gasteiger partial charge on any atom is 0.305 e. The number of halogens is 2. The number of hydrogen-bond donors (Lipinski definition) is 2. The van der Waals surface area contributed by atoms with Crippen molar-refractivity contribution in [1.29, 1.82) is 0 Å². The lowest BCUT2D eigenvalue weighted by atomic mass is 9.89. The number of para-hydroxylation sites is 1. The van der Waals surface area contributed by atoms with E-state index in [-0.39, 0.29) is 37.4 Å². The summed E-state index contributed by atoms with van der Waals surface area (Å²) >= 11 is 0. The molecule has 2 aromatic carbocycles. The highest BCUT2D eigenvalue weighted by atomic mass is 19.2. The fourth-order valence-electron chi connectivity index (χ4n) is 3.23. The molecule has 1 unspecified atom stereocenters. The molecule has 0 bridgehead atoms. The minimum Gasteiger partial charge on any atom is -0.481 e. The van der Waals surface area contributed by atoms with Gasteiger partial charge in [-0.3, -0.25) is 14.4 Å². The molecule has 0 radical (unpaired) electrons. The third-order valence-electron chi connectivity index (χ3n) is 4.60. The number of carbonyl (C=O) groups excluding carboxylic acids is 2. The Bertz CT molecular complexity index is 932. The van der Waals surface area contributed by atoms with Crippen molar-refractivity contribution in [2.24, 2.45) is 0 Å². The van der Waals surface area contributed by atoms with Crippen LogP contribution >= 0.6 is 0 Å². The second-order valence-corrected chi connectivity index (χ2v) is 6.51. The van der Waals surface area contributed by atoms with Crippen LogP contribution in [0.5, 0.6) is 0 Å². The van der Waals surface area contributed by atoms with Crippen molar-refractivity contribution in [3.63, 3.8) is 0 Å². The average Bonchev–Trinajstić information content (AvgIpc) is 2.67. The van der Waals surface area contributed by atoms with Crippen LogP contribution in [0.25, 0.3) is 0 Å². The zero-order chi connectivity index (χ0) is 20.3. The molecule has 3 rings (SSSR count). The van der Waals surface area contributed by atoms with Crippen LogP contribution in [0, 0.1) is 11.6 Å². The molecule has 1 aliphatic heterocycles. The monoisotopic (exact) mass is 388 g/mol. The van der Waals surface area contributed by atoms with Gasteiger partial charge in [0.1, 0.15) is 0 Å². The number of nitrogens with zero attached hydrogens (tertiary/aromatic N) is 1. The maximum absolute atomic E-state index is 14.1. The van der Waals surface area contributed by atoms with Gasteiger partial charge in [-0.25, -0.2) is 8.78 Å². The van der Waals surface area contributed by atoms with E-state index in [2.05, 4.69) is 5.32 Å². The van der Waals surface area contributed by atoms with Crippen molar-refractivity contribution in [1.82, 2.24) is 4.90 Å². The van der Waals surface area contributed by atoms with E-state index in [1.807, 2.05) is 0 Å². The van der Waals surface area contributed by atoms with Crippen LogP contribution in [0.2, 0.25) is 0 Å². The molecule has 8 heteroatoms. The van der Waals surface area contributed by atoms with Crippen LogP contribution in [0.1, 0.15) is 29.9 Å². The highest BCUT2D eigenvalue weighted by molar-refractivity contribution is 6.01. The Morgan fingerprint density at radius 1 is 1.14 bits per heavy atom. The van der Waals surface area contributed by atoms with E-state index in [9.17, 15) is 23.2 Å². The molecule has 28 heavy (non-hydrogen) atoms. The van der Waals surface area contributed by atoms with E-state index >= 15 is 0 Å². The van der Waals surface area contributed by atoms with Crippen molar-refractivity contribution < 1.29 is 28.3 Å². The molecule has 0 aromatic heterocycles. The van der Waals surface area contributed by atoms with E-state index in [1.165, 1.54) is 12.1 Å². The molecule has 6 nitrogen and oxygen atoms in total. The number of hydrogen-bond acceptors (Lipinski definition) is 3. The first-order valence-corrected chi connectivity index (χ1v) is 8.69. The Balaban J connectivity index is 1.91. The SMILES string of the molecule is O=C(O)CCN(Cc1cccc(F)c1F)C(=O)C1CC(=O)Nc2ccccc21. The Labute approximate surface area is 159 Å². The number of anilines is 1. The number of rotatable bonds is 6. The lowest BCUT2D eigenvalue weighted by Crippen LogP contribution is -2.39. The quantitative estimate of drug-likeness (QED) is 0.797. The highest BCUT2D eigenvalue weighted by Gasteiger charge is 2.33. The van der Waals surface area contributed by atoms with Crippen LogP contribution in [0.4, 0.5) is 14.5 Å².